The topological polar surface area (TPSA) is 40.5 Å². The summed E-state index contributed by atoms with van der Waals surface area (Å²) in [6.45, 7) is 2.68. The van der Waals surface area contributed by atoms with Crippen molar-refractivity contribution in [3.05, 3.63) is 0 Å². The van der Waals surface area contributed by atoms with Gasteiger partial charge in [0.05, 0.1) is 6.10 Å². The molecule has 1 saturated heterocycles. The summed E-state index contributed by atoms with van der Waals surface area (Å²) in [5, 5.41) is 9.69. The molecule has 1 N–H and O–H groups in total. The molecule has 17 heavy (non-hydrogen) atoms. The molecule has 0 radical (unpaired) electrons. The van der Waals surface area contributed by atoms with Gasteiger partial charge in [0.2, 0.25) is 0 Å². The van der Waals surface area contributed by atoms with Crippen LogP contribution < -0.4 is 0 Å². The van der Waals surface area contributed by atoms with Gasteiger partial charge in [-0.1, -0.05) is 25.7 Å². The number of carbonyl (C=O) groups excluding carboxylic acids is 1. The molecule has 1 heterocycles. The maximum Gasteiger partial charge on any atom is 0.127 e. The minimum Gasteiger partial charge on any atom is -0.392 e. The number of hydrogen-bond donors (Lipinski definition) is 1. The fraction of sp³-hybridized carbons (Fsp3) is 0.929. The molecule has 2 fully saturated rings. The molecular weight excluding hydrogens is 214 g/mol. The minimum atomic E-state index is -0.182. The molecule has 3 heteroatoms. The Labute approximate surface area is 104 Å². The van der Waals surface area contributed by atoms with Crippen LogP contribution in [0.3, 0.4) is 0 Å². The van der Waals surface area contributed by atoms with Gasteiger partial charge in [0, 0.05) is 18.5 Å². The molecule has 0 bridgehead atoms. The van der Waals surface area contributed by atoms with Crippen molar-refractivity contribution in [1.82, 2.24) is 4.90 Å². The van der Waals surface area contributed by atoms with Gasteiger partial charge in [0.25, 0.3) is 0 Å². The second-order valence-electron chi connectivity index (χ2n) is 5.93. The zero-order chi connectivity index (χ0) is 12.1. The van der Waals surface area contributed by atoms with Gasteiger partial charge in [-0.3, -0.25) is 4.90 Å². The molecule has 0 aromatic rings. The van der Waals surface area contributed by atoms with Crippen molar-refractivity contribution >= 4 is 6.29 Å². The second kappa shape index (κ2) is 5.96. The summed E-state index contributed by atoms with van der Waals surface area (Å²) < 4.78 is 0. The van der Waals surface area contributed by atoms with E-state index in [9.17, 15) is 9.90 Å². The normalized spacial score (nSPS) is 30.8. The first-order valence-electron chi connectivity index (χ1n) is 7.11. The monoisotopic (exact) mass is 239 g/mol. The first-order chi connectivity index (χ1) is 8.24. The predicted octanol–water partition coefficient (Wildman–Crippen LogP) is 1.98. The van der Waals surface area contributed by atoms with Crippen LogP contribution in [0.15, 0.2) is 0 Å². The molecule has 1 aliphatic heterocycles. The average Bonchev–Trinajstić information content (AvgIpc) is 2.55. The van der Waals surface area contributed by atoms with Crippen LogP contribution in [-0.4, -0.2) is 42.0 Å². The largest absolute Gasteiger partial charge is 0.392 e. The number of rotatable bonds is 3. The Kier molecular flexibility index (Phi) is 4.57. The lowest BCUT2D eigenvalue weighted by Gasteiger charge is -2.37. The molecule has 0 aromatic heterocycles. The summed E-state index contributed by atoms with van der Waals surface area (Å²) in [6, 6.07) is 0. The van der Waals surface area contributed by atoms with Gasteiger partial charge >= 0.3 is 0 Å². The molecule has 1 atom stereocenters. The van der Waals surface area contributed by atoms with E-state index in [0.29, 0.717) is 0 Å². The highest BCUT2D eigenvalue weighted by molar-refractivity contribution is 5.59. The van der Waals surface area contributed by atoms with Crippen LogP contribution in [-0.2, 0) is 4.79 Å². The van der Waals surface area contributed by atoms with Crippen molar-refractivity contribution in [2.24, 2.45) is 5.41 Å². The van der Waals surface area contributed by atoms with E-state index in [2.05, 4.69) is 4.90 Å². The van der Waals surface area contributed by atoms with Gasteiger partial charge < -0.3 is 9.90 Å². The van der Waals surface area contributed by atoms with Crippen molar-refractivity contribution in [3.8, 4) is 0 Å². The van der Waals surface area contributed by atoms with Gasteiger partial charge in [0.1, 0.15) is 6.29 Å². The van der Waals surface area contributed by atoms with Crippen molar-refractivity contribution in [1.29, 1.82) is 0 Å². The van der Waals surface area contributed by atoms with Gasteiger partial charge in [0.15, 0.2) is 0 Å². The number of carbonyl (C=O) groups is 1. The summed E-state index contributed by atoms with van der Waals surface area (Å²) in [5.41, 5.74) is -0.117. The van der Waals surface area contributed by atoms with E-state index in [1.165, 1.54) is 32.0 Å². The van der Waals surface area contributed by atoms with E-state index < -0.39 is 0 Å². The Balaban J connectivity index is 1.94. The van der Waals surface area contributed by atoms with Crippen molar-refractivity contribution < 1.29 is 9.90 Å². The molecule has 0 aromatic carbocycles. The first kappa shape index (κ1) is 13.0. The number of nitrogens with zero attached hydrogens (tertiary/aromatic N) is 1. The van der Waals surface area contributed by atoms with Gasteiger partial charge in [-0.25, -0.2) is 0 Å². The van der Waals surface area contributed by atoms with Crippen LogP contribution in [0, 0.1) is 5.41 Å². The third kappa shape index (κ3) is 3.52. The number of hydrogen-bond acceptors (Lipinski definition) is 3. The highest BCUT2D eigenvalue weighted by atomic mass is 16.3. The SMILES string of the molecule is O=CC1(CN2CCCC(O)C2)CCCCCC1. The standard InChI is InChI=1S/C14H25NO2/c16-12-14(7-3-1-2-4-8-14)11-15-9-5-6-13(17)10-15/h12-13,17H,1-11H2. The van der Waals surface area contributed by atoms with Gasteiger partial charge in [-0.05, 0) is 32.2 Å². The number of aldehydes is 1. The molecular formula is C14H25NO2. The predicted molar refractivity (Wildman–Crippen MR) is 67.9 cm³/mol. The smallest absolute Gasteiger partial charge is 0.127 e. The Hall–Kier alpha value is -0.410. The zero-order valence-corrected chi connectivity index (χ0v) is 10.7. The summed E-state index contributed by atoms with van der Waals surface area (Å²) in [4.78, 5) is 13.8. The molecule has 3 nitrogen and oxygen atoms in total. The molecule has 1 saturated carbocycles. The van der Waals surface area contributed by atoms with Crippen molar-refractivity contribution in [3.63, 3.8) is 0 Å². The van der Waals surface area contributed by atoms with Crippen LogP contribution in [0.5, 0.6) is 0 Å². The Morgan fingerprint density at radius 3 is 2.47 bits per heavy atom. The van der Waals surface area contributed by atoms with Crippen LogP contribution in [0.2, 0.25) is 0 Å². The third-order valence-electron chi connectivity index (χ3n) is 4.37. The molecule has 98 valence electrons. The highest BCUT2D eigenvalue weighted by Gasteiger charge is 2.33. The maximum absolute atomic E-state index is 11.5. The van der Waals surface area contributed by atoms with Crippen molar-refractivity contribution in [2.45, 2.75) is 57.5 Å². The maximum atomic E-state index is 11.5. The fourth-order valence-corrected chi connectivity index (χ4v) is 3.37. The van der Waals surface area contributed by atoms with E-state index >= 15 is 0 Å². The lowest BCUT2D eigenvalue weighted by atomic mass is 9.81. The molecule has 1 aliphatic carbocycles. The van der Waals surface area contributed by atoms with Crippen LogP contribution >= 0.6 is 0 Å². The lowest BCUT2D eigenvalue weighted by Crippen LogP contribution is -2.45. The van der Waals surface area contributed by atoms with Gasteiger partial charge in [-0.15, -0.1) is 0 Å². The van der Waals surface area contributed by atoms with Gasteiger partial charge in [-0.2, -0.15) is 0 Å². The Morgan fingerprint density at radius 2 is 1.88 bits per heavy atom. The van der Waals surface area contributed by atoms with E-state index in [4.69, 9.17) is 0 Å². The molecule has 0 spiro atoms. The first-order valence-corrected chi connectivity index (χ1v) is 7.11. The molecule has 0 amide bonds. The van der Waals surface area contributed by atoms with Crippen LogP contribution in [0.1, 0.15) is 51.4 Å². The zero-order valence-electron chi connectivity index (χ0n) is 10.7. The summed E-state index contributed by atoms with van der Waals surface area (Å²) in [5.74, 6) is 0. The number of β-amino-alcohol motifs (C(OH)–C–C–N with tert-alkyl or cyclic N) is 1. The van der Waals surface area contributed by atoms with Crippen LogP contribution in [0.4, 0.5) is 0 Å². The summed E-state index contributed by atoms with van der Waals surface area (Å²) in [6.07, 6.45) is 10.0. The quantitative estimate of drug-likeness (QED) is 0.605. The third-order valence-corrected chi connectivity index (χ3v) is 4.37. The number of aliphatic hydroxyl groups is 1. The summed E-state index contributed by atoms with van der Waals surface area (Å²) in [7, 11) is 0. The second-order valence-corrected chi connectivity index (χ2v) is 5.93. The Morgan fingerprint density at radius 1 is 1.18 bits per heavy atom. The highest BCUT2D eigenvalue weighted by Crippen LogP contribution is 2.34. The molecule has 2 aliphatic rings. The number of piperidine rings is 1. The van der Waals surface area contributed by atoms with Crippen LogP contribution in [0.25, 0.3) is 0 Å². The number of likely N-dealkylation sites (tertiary alicyclic amines) is 1. The van der Waals surface area contributed by atoms with Crippen molar-refractivity contribution in [2.75, 3.05) is 19.6 Å². The molecule has 1 unspecified atom stereocenters. The fourth-order valence-electron chi connectivity index (χ4n) is 3.37. The Bertz CT molecular complexity index is 247. The number of aliphatic hydroxyl groups excluding tert-OH is 1. The van der Waals surface area contributed by atoms with E-state index in [1.54, 1.807) is 0 Å². The van der Waals surface area contributed by atoms with E-state index in [-0.39, 0.29) is 11.5 Å². The average molecular weight is 239 g/mol. The molecule has 2 rings (SSSR count). The lowest BCUT2D eigenvalue weighted by molar-refractivity contribution is -0.118. The summed E-state index contributed by atoms with van der Waals surface area (Å²) >= 11 is 0. The van der Waals surface area contributed by atoms with E-state index in [0.717, 1.165) is 45.3 Å². The van der Waals surface area contributed by atoms with E-state index in [1.807, 2.05) is 0 Å². The minimum absolute atomic E-state index is 0.117.